The topological polar surface area (TPSA) is 49.7 Å². The highest BCUT2D eigenvalue weighted by Crippen LogP contribution is 2.57. The molecule has 0 heterocycles. The summed E-state index contributed by atoms with van der Waals surface area (Å²) in [6.07, 6.45) is 4.83. The smallest absolute Gasteiger partial charge is 0.328 e. The number of hydrogen-bond acceptors (Lipinski definition) is 3. The van der Waals surface area contributed by atoms with E-state index in [1.165, 1.54) is 33.4 Å². The minimum absolute atomic E-state index is 0.0267. The van der Waals surface area contributed by atoms with Crippen LogP contribution in [0.15, 0.2) is 24.3 Å². The van der Waals surface area contributed by atoms with Crippen molar-refractivity contribution in [3.05, 3.63) is 68.8 Å². The quantitative estimate of drug-likeness (QED) is 0.319. The van der Waals surface area contributed by atoms with E-state index in [1.807, 2.05) is 0 Å². The molecule has 1 atom stereocenters. The first-order valence-electron chi connectivity index (χ1n) is 15.8. The van der Waals surface area contributed by atoms with Crippen molar-refractivity contribution in [3.8, 4) is 0 Å². The van der Waals surface area contributed by atoms with Crippen LogP contribution in [0.2, 0.25) is 0 Å². The van der Waals surface area contributed by atoms with Crippen molar-refractivity contribution >= 4 is 8.60 Å². The summed E-state index contributed by atoms with van der Waals surface area (Å²) >= 11 is 0. The summed E-state index contributed by atoms with van der Waals surface area (Å²) in [5, 5.41) is 0. The second-order valence-corrected chi connectivity index (χ2v) is 17.3. The molecule has 3 nitrogen and oxygen atoms in total. The Morgan fingerprint density at radius 1 is 0.683 bits per heavy atom. The van der Waals surface area contributed by atoms with E-state index in [2.05, 4.69) is 121 Å². The molecule has 0 amide bonds. The van der Waals surface area contributed by atoms with Gasteiger partial charge in [0.2, 0.25) is 0 Å². The average Bonchev–Trinajstić information content (AvgIpc) is 2.80. The van der Waals surface area contributed by atoms with Gasteiger partial charge in [-0.05, 0) is 91.3 Å². The molecule has 0 saturated carbocycles. The van der Waals surface area contributed by atoms with Gasteiger partial charge < -0.3 is 9.79 Å². The van der Waals surface area contributed by atoms with Crippen LogP contribution in [0.3, 0.4) is 0 Å². The Balaban J connectivity index is 2.61. The van der Waals surface area contributed by atoms with Gasteiger partial charge in [0.15, 0.2) is 0 Å². The molecule has 0 aromatic heterocycles. The van der Waals surface area contributed by atoms with Crippen LogP contribution in [0.1, 0.15) is 167 Å². The molecule has 2 aromatic rings. The van der Waals surface area contributed by atoms with Gasteiger partial charge in [0, 0.05) is 0 Å². The summed E-state index contributed by atoms with van der Waals surface area (Å²) in [5.74, 6) is 0.103. The fraction of sp³-hybridized carbons (Fsp3) is 0.676. The van der Waals surface area contributed by atoms with E-state index in [9.17, 15) is 9.79 Å². The van der Waals surface area contributed by atoms with Crippen LogP contribution < -0.4 is 0 Å². The van der Waals surface area contributed by atoms with E-state index < -0.39 is 14.2 Å². The molecule has 1 aliphatic carbocycles. The van der Waals surface area contributed by atoms with E-state index >= 15 is 0 Å². The van der Waals surface area contributed by atoms with Crippen LogP contribution in [0.25, 0.3) is 0 Å². The van der Waals surface area contributed by atoms with Crippen molar-refractivity contribution in [1.29, 1.82) is 0 Å². The van der Waals surface area contributed by atoms with Crippen molar-refractivity contribution in [2.75, 3.05) is 0 Å². The number of unbranched alkanes of at least 4 members (excludes halogenated alkanes) is 1. The molecule has 0 bridgehead atoms. The van der Waals surface area contributed by atoms with Gasteiger partial charge in [-0.3, -0.25) is 4.52 Å². The standard InChI is InChI=1S/C37H59O3P/c1-15-17-18-26(16-2)37(40-41(38)39)27-22-31(35(9,10)11)29(33(3,4)5)20-24(27)19-25-21-30(34(6,7)8)32(23-28(25)37)36(12,13)14/h20-23,26,38-39H,15-19H2,1-14H3. The molecule has 1 aliphatic rings. The molecule has 41 heavy (non-hydrogen) atoms. The maximum atomic E-state index is 10.7. The van der Waals surface area contributed by atoms with Crippen LogP contribution >= 0.6 is 8.60 Å². The van der Waals surface area contributed by atoms with Gasteiger partial charge in [-0.25, -0.2) is 0 Å². The maximum absolute atomic E-state index is 10.7. The van der Waals surface area contributed by atoms with Crippen molar-refractivity contribution in [2.45, 2.75) is 156 Å². The molecule has 2 N–H and O–H groups in total. The Morgan fingerprint density at radius 2 is 1.05 bits per heavy atom. The predicted octanol–water partition coefficient (Wildman–Crippen LogP) is 10.5. The van der Waals surface area contributed by atoms with Gasteiger partial charge in [0.25, 0.3) is 0 Å². The molecule has 0 radical (unpaired) electrons. The number of benzene rings is 2. The number of fused-ring (bicyclic) bond motifs is 2. The summed E-state index contributed by atoms with van der Waals surface area (Å²) in [6, 6.07) is 9.63. The zero-order valence-corrected chi connectivity index (χ0v) is 29.6. The highest BCUT2D eigenvalue weighted by molar-refractivity contribution is 7.39. The van der Waals surface area contributed by atoms with Crippen LogP contribution in [0, 0.1) is 5.92 Å². The second-order valence-electron chi connectivity index (χ2n) is 16.6. The van der Waals surface area contributed by atoms with Crippen molar-refractivity contribution in [1.82, 2.24) is 0 Å². The van der Waals surface area contributed by atoms with Gasteiger partial charge in [-0.1, -0.05) is 134 Å². The fourth-order valence-corrected chi connectivity index (χ4v) is 7.60. The summed E-state index contributed by atoms with van der Waals surface area (Å²) in [6.45, 7) is 32.0. The minimum Gasteiger partial charge on any atom is -0.328 e. The molecule has 230 valence electrons. The Bertz CT molecular complexity index is 1150. The highest BCUT2D eigenvalue weighted by Gasteiger charge is 2.50. The Kier molecular flexibility index (Phi) is 9.76. The molecule has 0 spiro atoms. The van der Waals surface area contributed by atoms with Gasteiger partial charge in [0.1, 0.15) is 5.60 Å². The average molecular weight is 583 g/mol. The lowest BCUT2D eigenvalue weighted by molar-refractivity contribution is 0.0203. The highest BCUT2D eigenvalue weighted by atomic mass is 31.2. The third-order valence-electron chi connectivity index (χ3n) is 9.10. The third kappa shape index (κ3) is 6.80. The van der Waals surface area contributed by atoms with Gasteiger partial charge in [0.05, 0.1) is 0 Å². The van der Waals surface area contributed by atoms with Crippen molar-refractivity contribution in [2.24, 2.45) is 5.92 Å². The first-order valence-corrected chi connectivity index (χ1v) is 17.0. The molecule has 1 unspecified atom stereocenters. The first-order chi connectivity index (χ1) is 18.6. The molecule has 4 heteroatoms. The zero-order chi connectivity index (χ0) is 31.3. The van der Waals surface area contributed by atoms with E-state index in [4.69, 9.17) is 4.52 Å². The lowest BCUT2D eigenvalue weighted by atomic mass is 9.62. The summed E-state index contributed by atoms with van der Waals surface area (Å²) in [4.78, 5) is 21.4. The van der Waals surface area contributed by atoms with E-state index in [1.54, 1.807) is 0 Å². The molecule has 2 aromatic carbocycles. The third-order valence-corrected chi connectivity index (χ3v) is 9.55. The second kappa shape index (κ2) is 11.7. The van der Waals surface area contributed by atoms with Crippen LogP contribution in [-0.2, 0) is 38.2 Å². The molecule has 3 rings (SSSR count). The Labute approximate surface area is 253 Å². The summed E-state index contributed by atoms with van der Waals surface area (Å²) in [7, 11) is -2.61. The lowest BCUT2D eigenvalue weighted by Crippen LogP contribution is -2.43. The lowest BCUT2D eigenvalue weighted by Gasteiger charge is -2.48. The minimum atomic E-state index is -2.61. The maximum Gasteiger partial charge on any atom is 0.328 e. The van der Waals surface area contributed by atoms with E-state index in [0.29, 0.717) is 0 Å². The Morgan fingerprint density at radius 3 is 1.34 bits per heavy atom. The van der Waals surface area contributed by atoms with Crippen molar-refractivity contribution in [3.63, 3.8) is 0 Å². The first kappa shape index (κ1) is 34.2. The molecule has 0 fully saturated rings. The molecular formula is C37H59O3P. The van der Waals surface area contributed by atoms with Crippen LogP contribution in [0.4, 0.5) is 0 Å². The van der Waals surface area contributed by atoms with E-state index in [-0.39, 0.29) is 27.6 Å². The fourth-order valence-electron chi connectivity index (χ4n) is 6.99. The monoisotopic (exact) mass is 582 g/mol. The number of rotatable bonds is 7. The van der Waals surface area contributed by atoms with Crippen LogP contribution in [0.5, 0.6) is 0 Å². The largest absolute Gasteiger partial charge is 0.328 e. The van der Waals surface area contributed by atoms with E-state index in [0.717, 1.165) is 43.2 Å². The van der Waals surface area contributed by atoms with Gasteiger partial charge in [-0.15, -0.1) is 0 Å². The van der Waals surface area contributed by atoms with Crippen molar-refractivity contribution < 1.29 is 14.3 Å². The zero-order valence-electron chi connectivity index (χ0n) is 28.7. The Hall–Kier alpha value is -1.25. The SMILES string of the molecule is CCCCC(CC)C1(OP(O)O)c2cc(C(C)(C)C)c(C(C)(C)C)cc2Cc2cc(C(C)(C)C)c(C(C)(C)C)cc21. The number of hydrogen-bond donors (Lipinski definition) is 2. The van der Waals surface area contributed by atoms with Gasteiger partial charge >= 0.3 is 8.60 Å². The van der Waals surface area contributed by atoms with Gasteiger partial charge in [-0.2, -0.15) is 0 Å². The summed E-state index contributed by atoms with van der Waals surface area (Å²) < 4.78 is 6.64. The predicted molar refractivity (Wildman–Crippen MR) is 177 cm³/mol. The normalized spacial score (nSPS) is 16.5. The molecule has 0 aliphatic heterocycles. The molecular weight excluding hydrogens is 523 g/mol. The molecule has 0 saturated heterocycles. The summed E-state index contributed by atoms with van der Waals surface area (Å²) in [5.41, 5.74) is 8.97. The van der Waals surface area contributed by atoms with Crippen LogP contribution in [-0.4, -0.2) is 9.79 Å².